The molecule has 2 atom stereocenters. The van der Waals surface area contributed by atoms with Crippen LogP contribution in [0.25, 0.3) is 10.8 Å². The highest BCUT2D eigenvalue weighted by molar-refractivity contribution is 5.86. The summed E-state index contributed by atoms with van der Waals surface area (Å²) in [7, 11) is 1.72. The molecule has 3 aromatic carbocycles. The SMILES string of the molecule is COc1ccc(C(N[C@H](C)c2cccc3ccccc23)C2CC2)cc1. The van der Waals surface area contributed by atoms with Crippen molar-refractivity contribution in [3.63, 3.8) is 0 Å². The van der Waals surface area contributed by atoms with E-state index in [4.69, 9.17) is 4.74 Å². The Kier molecular flexibility index (Phi) is 4.46. The second kappa shape index (κ2) is 6.89. The summed E-state index contributed by atoms with van der Waals surface area (Å²) in [5, 5.41) is 6.55. The maximum atomic E-state index is 5.30. The van der Waals surface area contributed by atoms with E-state index < -0.39 is 0 Å². The van der Waals surface area contributed by atoms with Gasteiger partial charge in [0.1, 0.15) is 5.75 Å². The van der Waals surface area contributed by atoms with Crippen molar-refractivity contribution in [1.29, 1.82) is 0 Å². The maximum Gasteiger partial charge on any atom is 0.118 e. The number of ether oxygens (including phenoxy) is 1. The molecule has 1 aliphatic rings. The van der Waals surface area contributed by atoms with Crippen LogP contribution in [-0.2, 0) is 0 Å². The van der Waals surface area contributed by atoms with E-state index in [1.165, 1.54) is 34.7 Å². The lowest BCUT2D eigenvalue weighted by Gasteiger charge is -2.25. The second-order valence-corrected chi connectivity index (χ2v) is 7.04. The minimum Gasteiger partial charge on any atom is -0.497 e. The van der Waals surface area contributed by atoms with E-state index in [0.717, 1.165) is 11.7 Å². The van der Waals surface area contributed by atoms with Crippen LogP contribution in [0.3, 0.4) is 0 Å². The van der Waals surface area contributed by atoms with Gasteiger partial charge in [-0.15, -0.1) is 0 Å². The Labute approximate surface area is 149 Å². The molecule has 1 saturated carbocycles. The molecule has 0 amide bonds. The minimum absolute atomic E-state index is 0.304. The molecule has 1 fully saturated rings. The average molecular weight is 331 g/mol. The summed E-state index contributed by atoms with van der Waals surface area (Å²) in [6, 6.07) is 24.5. The number of hydrogen-bond donors (Lipinski definition) is 1. The van der Waals surface area contributed by atoms with Crippen LogP contribution in [0.2, 0.25) is 0 Å². The molecule has 0 aromatic heterocycles. The van der Waals surface area contributed by atoms with Gasteiger partial charge in [-0.25, -0.2) is 0 Å². The standard InChI is InChI=1S/C23H25NO/c1-16(21-9-5-7-17-6-3-4-8-22(17)21)24-23(18-10-11-18)19-12-14-20(25-2)15-13-19/h3-9,12-16,18,23-24H,10-11H2,1-2H3/t16-,23?/m1/s1. The third-order valence-electron chi connectivity index (χ3n) is 5.29. The summed E-state index contributed by atoms with van der Waals surface area (Å²) in [4.78, 5) is 0. The number of methoxy groups -OCH3 is 1. The summed E-state index contributed by atoms with van der Waals surface area (Å²) in [5.74, 6) is 1.66. The lowest BCUT2D eigenvalue weighted by Crippen LogP contribution is -2.26. The molecular weight excluding hydrogens is 306 g/mol. The van der Waals surface area contributed by atoms with Crippen LogP contribution in [-0.4, -0.2) is 7.11 Å². The number of nitrogens with one attached hydrogen (secondary N) is 1. The highest BCUT2D eigenvalue weighted by Crippen LogP contribution is 2.42. The molecule has 25 heavy (non-hydrogen) atoms. The van der Waals surface area contributed by atoms with E-state index in [2.05, 4.69) is 79.0 Å². The van der Waals surface area contributed by atoms with Gasteiger partial charge in [-0.1, -0.05) is 54.6 Å². The Bertz CT molecular complexity index is 846. The van der Waals surface area contributed by atoms with Crippen LogP contribution in [0.1, 0.15) is 43.0 Å². The number of benzene rings is 3. The van der Waals surface area contributed by atoms with E-state index in [9.17, 15) is 0 Å². The molecule has 1 aliphatic carbocycles. The van der Waals surface area contributed by atoms with Crippen LogP contribution in [0.15, 0.2) is 66.7 Å². The Morgan fingerprint density at radius 1 is 0.920 bits per heavy atom. The van der Waals surface area contributed by atoms with Gasteiger partial charge in [0.15, 0.2) is 0 Å². The topological polar surface area (TPSA) is 21.3 Å². The number of rotatable bonds is 6. The summed E-state index contributed by atoms with van der Waals surface area (Å²) in [6.07, 6.45) is 2.62. The monoisotopic (exact) mass is 331 g/mol. The second-order valence-electron chi connectivity index (χ2n) is 7.04. The molecule has 0 spiro atoms. The van der Waals surface area contributed by atoms with Gasteiger partial charge >= 0.3 is 0 Å². The first-order valence-electron chi connectivity index (χ1n) is 9.14. The third-order valence-corrected chi connectivity index (χ3v) is 5.29. The molecule has 0 saturated heterocycles. The van der Waals surface area contributed by atoms with Crippen molar-refractivity contribution >= 4 is 10.8 Å². The zero-order chi connectivity index (χ0) is 17.2. The average Bonchev–Trinajstić information content (AvgIpc) is 3.50. The molecule has 2 nitrogen and oxygen atoms in total. The van der Waals surface area contributed by atoms with Crippen LogP contribution in [0.5, 0.6) is 5.75 Å². The zero-order valence-corrected chi connectivity index (χ0v) is 14.9. The fraction of sp³-hybridized carbons (Fsp3) is 0.304. The Morgan fingerprint density at radius 2 is 1.64 bits per heavy atom. The normalized spacial score (nSPS) is 16.6. The van der Waals surface area contributed by atoms with Crippen molar-refractivity contribution in [2.45, 2.75) is 31.8 Å². The Morgan fingerprint density at radius 3 is 2.36 bits per heavy atom. The van der Waals surface area contributed by atoms with E-state index >= 15 is 0 Å². The highest BCUT2D eigenvalue weighted by atomic mass is 16.5. The van der Waals surface area contributed by atoms with Gasteiger partial charge in [0.25, 0.3) is 0 Å². The van der Waals surface area contributed by atoms with E-state index in [1.54, 1.807) is 7.11 Å². The van der Waals surface area contributed by atoms with Gasteiger partial charge in [0.2, 0.25) is 0 Å². The molecule has 0 heterocycles. The van der Waals surface area contributed by atoms with E-state index in [-0.39, 0.29) is 0 Å². The zero-order valence-electron chi connectivity index (χ0n) is 14.9. The third kappa shape index (κ3) is 3.40. The van der Waals surface area contributed by atoms with Crippen molar-refractivity contribution in [3.05, 3.63) is 77.9 Å². The molecule has 1 unspecified atom stereocenters. The van der Waals surface area contributed by atoms with Gasteiger partial charge in [0.05, 0.1) is 7.11 Å². The molecule has 0 radical (unpaired) electrons. The smallest absolute Gasteiger partial charge is 0.118 e. The summed E-state index contributed by atoms with van der Waals surface area (Å²) >= 11 is 0. The molecule has 0 bridgehead atoms. The van der Waals surface area contributed by atoms with Crippen molar-refractivity contribution in [2.75, 3.05) is 7.11 Å². The minimum atomic E-state index is 0.304. The molecule has 0 aliphatic heterocycles. The van der Waals surface area contributed by atoms with Crippen LogP contribution < -0.4 is 10.1 Å². The molecule has 4 rings (SSSR count). The number of hydrogen-bond acceptors (Lipinski definition) is 2. The van der Waals surface area contributed by atoms with Crippen LogP contribution in [0.4, 0.5) is 0 Å². The first-order valence-corrected chi connectivity index (χ1v) is 9.14. The maximum absolute atomic E-state index is 5.30. The first kappa shape index (κ1) is 16.2. The fourth-order valence-electron chi connectivity index (χ4n) is 3.73. The summed E-state index contributed by atoms with van der Waals surface area (Å²) in [5.41, 5.74) is 2.73. The lowest BCUT2D eigenvalue weighted by molar-refractivity contribution is 0.411. The molecule has 128 valence electrons. The van der Waals surface area contributed by atoms with Gasteiger partial charge in [-0.2, -0.15) is 0 Å². The molecule has 2 heteroatoms. The first-order chi connectivity index (χ1) is 12.3. The predicted molar refractivity (Wildman–Crippen MR) is 104 cm³/mol. The van der Waals surface area contributed by atoms with Gasteiger partial charge in [-0.3, -0.25) is 0 Å². The van der Waals surface area contributed by atoms with Crippen molar-refractivity contribution in [3.8, 4) is 5.75 Å². The van der Waals surface area contributed by atoms with Gasteiger partial charge in [0, 0.05) is 12.1 Å². The van der Waals surface area contributed by atoms with Crippen molar-refractivity contribution < 1.29 is 4.74 Å². The molecular formula is C23H25NO. The molecule has 3 aromatic rings. The quantitative estimate of drug-likeness (QED) is 0.630. The Hall–Kier alpha value is -2.32. The van der Waals surface area contributed by atoms with Gasteiger partial charge < -0.3 is 10.1 Å². The van der Waals surface area contributed by atoms with E-state index in [0.29, 0.717) is 12.1 Å². The predicted octanol–water partition coefficient (Wildman–Crippen LogP) is 5.65. The van der Waals surface area contributed by atoms with Crippen LogP contribution >= 0.6 is 0 Å². The summed E-state index contributed by atoms with van der Waals surface area (Å²) in [6.45, 7) is 2.28. The molecule has 1 N–H and O–H groups in total. The van der Waals surface area contributed by atoms with E-state index in [1.807, 2.05) is 0 Å². The highest BCUT2D eigenvalue weighted by Gasteiger charge is 2.33. The lowest BCUT2D eigenvalue weighted by atomic mass is 9.96. The van der Waals surface area contributed by atoms with Crippen molar-refractivity contribution in [1.82, 2.24) is 5.32 Å². The van der Waals surface area contributed by atoms with Crippen LogP contribution in [0, 0.1) is 5.92 Å². The largest absolute Gasteiger partial charge is 0.497 e. The van der Waals surface area contributed by atoms with Gasteiger partial charge in [-0.05, 0) is 59.7 Å². The fourth-order valence-corrected chi connectivity index (χ4v) is 3.73. The van der Waals surface area contributed by atoms with Crippen molar-refractivity contribution in [2.24, 2.45) is 5.92 Å². The summed E-state index contributed by atoms with van der Waals surface area (Å²) < 4.78 is 5.30. The number of fused-ring (bicyclic) bond motifs is 1. The Balaban J connectivity index is 1.61.